The summed E-state index contributed by atoms with van der Waals surface area (Å²) in [6, 6.07) is 10.6. The lowest BCUT2D eigenvalue weighted by molar-refractivity contribution is -0.127. The molecule has 0 spiro atoms. The number of amides is 1. The topological polar surface area (TPSA) is 69.2 Å². The molecular formula is C21H36IN5O2. The number of aliphatic imine (C=N–C) groups is 1. The second kappa shape index (κ2) is 13.6. The molecule has 1 aliphatic rings. The van der Waals surface area contributed by atoms with Crippen molar-refractivity contribution in [1.82, 2.24) is 15.5 Å². The van der Waals surface area contributed by atoms with Crippen LogP contribution in [0.4, 0.5) is 5.69 Å². The van der Waals surface area contributed by atoms with E-state index in [0.717, 1.165) is 19.5 Å². The van der Waals surface area contributed by atoms with Crippen LogP contribution in [0, 0.1) is 5.92 Å². The first-order chi connectivity index (χ1) is 13.5. The molecule has 0 aromatic heterocycles. The Morgan fingerprint density at radius 1 is 1.24 bits per heavy atom. The van der Waals surface area contributed by atoms with Crippen LogP contribution in [0.15, 0.2) is 35.3 Å². The lowest BCUT2D eigenvalue weighted by atomic mass is 10.2. The monoisotopic (exact) mass is 517 g/mol. The van der Waals surface area contributed by atoms with Crippen molar-refractivity contribution in [3.8, 4) is 0 Å². The summed E-state index contributed by atoms with van der Waals surface area (Å²) in [5, 5.41) is 6.84. The Kier molecular flexibility index (Phi) is 12.0. The molecule has 1 aliphatic carbocycles. The summed E-state index contributed by atoms with van der Waals surface area (Å²) in [7, 11) is 7.31. The third-order valence-corrected chi connectivity index (χ3v) is 4.89. The number of rotatable bonds is 11. The van der Waals surface area contributed by atoms with Crippen LogP contribution >= 0.6 is 24.0 Å². The predicted octanol–water partition coefficient (Wildman–Crippen LogP) is 2.18. The SMILES string of the molecule is COCC(NC(=NCC(=O)N(C)C)NCCCN(C)c1ccccc1)C1CC1.I. The van der Waals surface area contributed by atoms with Crippen LogP contribution < -0.4 is 15.5 Å². The van der Waals surface area contributed by atoms with Crippen LogP contribution in [-0.2, 0) is 9.53 Å². The van der Waals surface area contributed by atoms with Crippen molar-refractivity contribution in [1.29, 1.82) is 0 Å². The van der Waals surface area contributed by atoms with Gasteiger partial charge in [-0.2, -0.15) is 0 Å². The number of carbonyl (C=O) groups is 1. The van der Waals surface area contributed by atoms with Gasteiger partial charge in [-0.05, 0) is 37.3 Å². The van der Waals surface area contributed by atoms with Gasteiger partial charge in [-0.25, -0.2) is 4.99 Å². The third kappa shape index (κ3) is 9.66. The molecule has 1 aromatic rings. The smallest absolute Gasteiger partial charge is 0.243 e. The normalized spacial score (nSPS) is 14.6. The molecule has 1 amide bonds. The number of hydrogen-bond donors (Lipinski definition) is 2. The fraction of sp³-hybridized carbons (Fsp3) is 0.619. The van der Waals surface area contributed by atoms with Crippen LogP contribution in [0.1, 0.15) is 19.3 Å². The molecule has 1 fully saturated rings. The first kappa shape index (κ1) is 25.5. The van der Waals surface area contributed by atoms with E-state index in [1.54, 1.807) is 26.1 Å². The Labute approximate surface area is 192 Å². The van der Waals surface area contributed by atoms with Crippen molar-refractivity contribution in [3.63, 3.8) is 0 Å². The molecule has 0 heterocycles. The zero-order chi connectivity index (χ0) is 20.4. The number of hydrogen-bond acceptors (Lipinski definition) is 4. The van der Waals surface area contributed by atoms with E-state index in [1.165, 1.54) is 18.5 Å². The highest BCUT2D eigenvalue weighted by Crippen LogP contribution is 2.32. The molecule has 1 unspecified atom stereocenters. The summed E-state index contributed by atoms with van der Waals surface area (Å²) in [6.45, 7) is 2.49. The maximum atomic E-state index is 11.9. The Bertz CT molecular complexity index is 623. The average molecular weight is 517 g/mol. The average Bonchev–Trinajstić information content (AvgIpc) is 3.53. The summed E-state index contributed by atoms with van der Waals surface area (Å²) in [6.07, 6.45) is 3.39. The second-order valence-corrected chi connectivity index (χ2v) is 7.53. The number of benzene rings is 1. The quantitative estimate of drug-likeness (QED) is 0.204. The van der Waals surface area contributed by atoms with E-state index < -0.39 is 0 Å². The highest BCUT2D eigenvalue weighted by molar-refractivity contribution is 14.0. The largest absolute Gasteiger partial charge is 0.383 e. The van der Waals surface area contributed by atoms with Gasteiger partial charge in [0.25, 0.3) is 0 Å². The van der Waals surface area contributed by atoms with Crippen molar-refractivity contribution in [2.24, 2.45) is 10.9 Å². The first-order valence-electron chi connectivity index (χ1n) is 10.0. The molecule has 29 heavy (non-hydrogen) atoms. The first-order valence-corrected chi connectivity index (χ1v) is 10.0. The Hall–Kier alpha value is -1.55. The maximum Gasteiger partial charge on any atom is 0.243 e. The van der Waals surface area contributed by atoms with Crippen LogP contribution in [-0.4, -0.2) is 77.3 Å². The third-order valence-electron chi connectivity index (χ3n) is 4.89. The van der Waals surface area contributed by atoms with Gasteiger partial charge in [0, 0.05) is 47.0 Å². The number of ether oxygens (including phenoxy) is 1. The Balaban J connectivity index is 0.00000420. The fourth-order valence-electron chi connectivity index (χ4n) is 2.92. The summed E-state index contributed by atoms with van der Waals surface area (Å²) >= 11 is 0. The zero-order valence-corrected chi connectivity index (χ0v) is 20.4. The number of nitrogens with zero attached hydrogens (tertiary/aromatic N) is 3. The molecule has 8 heteroatoms. The van der Waals surface area contributed by atoms with Crippen LogP contribution in [0.5, 0.6) is 0 Å². The van der Waals surface area contributed by atoms with Gasteiger partial charge in [0.1, 0.15) is 6.54 Å². The minimum absolute atomic E-state index is 0. The minimum atomic E-state index is -0.0142. The van der Waals surface area contributed by atoms with E-state index in [2.05, 4.69) is 39.7 Å². The van der Waals surface area contributed by atoms with E-state index in [4.69, 9.17) is 4.74 Å². The molecule has 7 nitrogen and oxygen atoms in total. The fourth-order valence-corrected chi connectivity index (χ4v) is 2.92. The maximum absolute atomic E-state index is 11.9. The highest BCUT2D eigenvalue weighted by atomic mass is 127. The summed E-state index contributed by atoms with van der Waals surface area (Å²) < 4.78 is 5.35. The predicted molar refractivity (Wildman–Crippen MR) is 130 cm³/mol. The van der Waals surface area contributed by atoms with Gasteiger partial charge in [-0.15, -0.1) is 24.0 Å². The lowest BCUT2D eigenvalue weighted by Crippen LogP contribution is -2.47. The Morgan fingerprint density at radius 2 is 1.93 bits per heavy atom. The van der Waals surface area contributed by atoms with Crippen molar-refractivity contribution < 1.29 is 9.53 Å². The molecule has 2 N–H and O–H groups in total. The number of carbonyl (C=O) groups excluding carboxylic acids is 1. The molecule has 1 saturated carbocycles. The van der Waals surface area contributed by atoms with E-state index in [1.807, 2.05) is 18.2 Å². The number of nitrogens with one attached hydrogen (secondary N) is 2. The van der Waals surface area contributed by atoms with Gasteiger partial charge < -0.3 is 25.2 Å². The number of para-hydroxylation sites is 1. The second-order valence-electron chi connectivity index (χ2n) is 7.53. The zero-order valence-electron chi connectivity index (χ0n) is 18.1. The molecule has 0 radical (unpaired) electrons. The minimum Gasteiger partial charge on any atom is -0.383 e. The summed E-state index contributed by atoms with van der Waals surface area (Å²) in [4.78, 5) is 20.2. The Morgan fingerprint density at radius 3 is 2.52 bits per heavy atom. The van der Waals surface area contributed by atoms with Gasteiger partial charge in [0.05, 0.1) is 12.6 Å². The van der Waals surface area contributed by atoms with Gasteiger partial charge in [0.15, 0.2) is 5.96 Å². The van der Waals surface area contributed by atoms with Crippen LogP contribution in [0.25, 0.3) is 0 Å². The molecule has 164 valence electrons. The standard InChI is InChI=1S/C21H35N5O2.HI/c1-25(2)20(27)15-23-21(24-19(16-28-4)17-11-12-17)22-13-8-14-26(3)18-9-6-5-7-10-18;/h5-7,9-10,17,19H,8,11-16H2,1-4H3,(H2,22,23,24);1H. The van der Waals surface area contributed by atoms with Crippen molar-refractivity contribution in [3.05, 3.63) is 30.3 Å². The summed E-state index contributed by atoms with van der Waals surface area (Å²) in [5.74, 6) is 1.30. The molecular weight excluding hydrogens is 481 g/mol. The molecule has 0 bridgehead atoms. The highest BCUT2D eigenvalue weighted by Gasteiger charge is 2.31. The van der Waals surface area contributed by atoms with Crippen molar-refractivity contribution in [2.45, 2.75) is 25.3 Å². The molecule has 1 atom stereocenters. The summed E-state index contributed by atoms with van der Waals surface area (Å²) in [5.41, 5.74) is 1.21. The van der Waals surface area contributed by atoms with Gasteiger partial charge in [0.2, 0.25) is 5.91 Å². The number of anilines is 1. The van der Waals surface area contributed by atoms with Gasteiger partial charge >= 0.3 is 0 Å². The van der Waals surface area contributed by atoms with Crippen molar-refractivity contribution in [2.75, 3.05) is 59.4 Å². The number of guanidine groups is 1. The number of halogens is 1. The van der Waals surface area contributed by atoms with E-state index in [-0.39, 0.29) is 42.5 Å². The molecule has 1 aromatic carbocycles. The van der Waals surface area contributed by atoms with E-state index in [9.17, 15) is 4.79 Å². The van der Waals surface area contributed by atoms with Gasteiger partial charge in [-0.1, -0.05) is 18.2 Å². The number of likely N-dealkylation sites (N-methyl/N-ethyl adjacent to an activating group) is 1. The van der Waals surface area contributed by atoms with Crippen molar-refractivity contribution >= 4 is 41.5 Å². The van der Waals surface area contributed by atoms with Gasteiger partial charge in [-0.3, -0.25) is 4.79 Å². The van der Waals surface area contributed by atoms with Crippen LogP contribution in [0.3, 0.4) is 0 Å². The van der Waals surface area contributed by atoms with E-state index in [0.29, 0.717) is 18.5 Å². The molecule has 0 saturated heterocycles. The molecule has 0 aliphatic heterocycles. The lowest BCUT2D eigenvalue weighted by Gasteiger charge is -2.22. The number of methoxy groups -OCH3 is 1. The van der Waals surface area contributed by atoms with E-state index >= 15 is 0 Å². The van der Waals surface area contributed by atoms with Crippen LogP contribution in [0.2, 0.25) is 0 Å². The molecule has 2 rings (SSSR count).